The lowest BCUT2D eigenvalue weighted by Gasteiger charge is -2.37. The average molecular weight is 519 g/mol. The van der Waals surface area contributed by atoms with Gasteiger partial charge in [-0.05, 0) is 66.4 Å². The highest BCUT2D eigenvalue weighted by molar-refractivity contribution is 5.83. The molecule has 0 bridgehead atoms. The van der Waals surface area contributed by atoms with Crippen molar-refractivity contribution in [3.63, 3.8) is 0 Å². The summed E-state index contributed by atoms with van der Waals surface area (Å²) in [6.07, 6.45) is 3.12. The number of tetrazole rings is 1. The van der Waals surface area contributed by atoms with E-state index >= 15 is 0 Å². The molecule has 1 fully saturated rings. The van der Waals surface area contributed by atoms with Gasteiger partial charge < -0.3 is 19.2 Å². The van der Waals surface area contributed by atoms with Crippen molar-refractivity contribution in [1.82, 2.24) is 30.1 Å². The largest absolute Gasteiger partial charge is 0.493 e. The molecule has 200 valence electrons. The van der Waals surface area contributed by atoms with Crippen molar-refractivity contribution >= 4 is 10.9 Å². The third-order valence-electron chi connectivity index (χ3n) is 7.36. The molecule has 0 spiro atoms. The Kier molecular flexibility index (Phi) is 8.00. The van der Waals surface area contributed by atoms with E-state index in [0.717, 1.165) is 37.7 Å². The van der Waals surface area contributed by atoms with Crippen LogP contribution in [-0.2, 0) is 17.7 Å². The number of pyridine rings is 1. The summed E-state index contributed by atoms with van der Waals surface area (Å²) in [7, 11) is 4.82. The molecule has 5 rings (SSSR count). The van der Waals surface area contributed by atoms with Gasteiger partial charge in [0, 0.05) is 24.1 Å². The molecular formula is C28H34N6O4. The number of fused-ring (bicyclic) bond motifs is 1. The first-order valence-electron chi connectivity index (χ1n) is 12.9. The van der Waals surface area contributed by atoms with Crippen LogP contribution in [0.2, 0.25) is 0 Å². The number of hydrogen-bond acceptors (Lipinski definition) is 8. The first-order chi connectivity index (χ1) is 18.6. The van der Waals surface area contributed by atoms with Crippen LogP contribution in [0.15, 0.2) is 53.3 Å². The maximum Gasteiger partial charge on any atom is 0.253 e. The Bertz CT molecular complexity index is 1410. The van der Waals surface area contributed by atoms with Gasteiger partial charge in [0.05, 0.1) is 32.9 Å². The summed E-state index contributed by atoms with van der Waals surface area (Å²) in [5.74, 6) is 2.38. The van der Waals surface area contributed by atoms with Gasteiger partial charge in [0.1, 0.15) is 6.04 Å². The number of aromatic amines is 1. The Balaban J connectivity index is 1.50. The quantitative estimate of drug-likeness (QED) is 0.341. The molecule has 2 aromatic carbocycles. The van der Waals surface area contributed by atoms with Crippen molar-refractivity contribution in [2.45, 2.75) is 31.8 Å². The van der Waals surface area contributed by atoms with Crippen molar-refractivity contribution in [3.05, 3.63) is 75.8 Å². The van der Waals surface area contributed by atoms with E-state index in [0.29, 0.717) is 47.5 Å². The van der Waals surface area contributed by atoms with Crippen LogP contribution in [0.5, 0.6) is 11.5 Å². The van der Waals surface area contributed by atoms with E-state index in [9.17, 15) is 4.79 Å². The maximum absolute atomic E-state index is 13.5. The molecule has 1 N–H and O–H groups in total. The van der Waals surface area contributed by atoms with E-state index in [1.807, 2.05) is 12.1 Å². The molecule has 10 nitrogen and oxygen atoms in total. The van der Waals surface area contributed by atoms with Crippen molar-refractivity contribution < 1.29 is 14.2 Å². The zero-order valence-electron chi connectivity index (χ0n) is 22.1. The van der Waals surface area contributed by atoms with Gasteiger partial charge in [-0.2, -0.15) is 0 Å². The Labute approximate surface area is 221 Å². The zero-order valence-corrected chi connectivity index (χ0v) is 22.1. The fraction of sp³-hybridized carbons (Fsp3) is 0.429. The van der Waals surface area contributed by atoms with Crippen LogP contribution in [0.4, 0.5) is 0 Å². The van der Waals surface area contributed by atoms with E-state index in [1.54, 1.807) is 32.1 Å². The highest BCUT2D eigenvalue weighted by Crippen LogP contribution is 2.35. The molecule has 0 aliphatic carbocycles. The van der Waals surface area contributed by atoms with Crippen molar-refractivity contribution in [2.24, 2.45) is 5.92 Å². The summed E-state index contributed by atoms with van der Waals surface area (Å²) in [6.45, 7) is 2.64. The van der Waals surface area contributed by atoms with Gasteiger partial charge in [-0.25, -0.2) is 4.68 Å². The Morgan fingerprint density at radius 2 is 1.76 bits per heavy atom. The standard InChI is InChI=1S/C28H34N6O4/c1-36-14-13-34-27(30-31-32-34)26(33-11-9-20(10-12-33)15-19-7-5-4-6-8-19)22-16-21-17-24(37-2)25(38-3)18-23(21)29-28(22)35/h4-8,16-18,20,26H,9-15H2,1-3H3,(H,29,35)/t26-/m1/s1. The fourth-order valence-corrected chi connectivity index (χ4v) is 5.36. The Morgan fingerprint density at radius 1 is 1.03 bits per heavy atom. The maximum atomic E-state index is 13.5. The molecule has 38 heavy (non-hydrogen) atoms. The lowest BCUT2D eigenvalue weighted by molar-refractivity contribution is 0.138. The van der Waals surface area contributed by atoms with Gasteiger partial charge >= 0.3 is 0 Å². The third kappa shape index (κ3) is 5.41. The van der Waals surface area contributed by atoms with Crippen LogP contribution >= 0.6 is 0 Å². The summed E-state index contributed by atoms with van der Waals surface area (Å²) < 4.78 is 17.9. The van der Waals surface area contributed by atoms with Gasteiger partial charge in [0.25, 0.3) is 5.56 Å². The summed E-state index contributed by atoms with van der Waals surface area (Å²) in [5.41, 5.74) is 2.46. The monoisotopic (exact) mass is 518 g/mol. The molecule has 0 unspecified atom stereocenters. The molecule has 0 radical (unpaired) electrons. The smallest absolute Gasteiger partial charge is 0.253 e. The Morgan fingerprint density at radius 3 is 2.47 bits per heavy atom. The number of ether oxygens (including phenoxy) is 3. The number of aromatic nitrogens is 5. The normalized spacial score (nSPS) is 15.6. The van der Waals surface area contributed by atoms with E-state index in [-0.39, 0.29) is 5.56 Å². The first-order valence-corrected chi connectivity index (χ1v) is 12.9. The molecule has 10 heteroatoms. The second-order valence-corrected chi connectivity index (χ2v) is 9.67. The summed E-state index contributed by atoms with van der Waals surface area (Å²) in [6, 6.07) is 15.8. The predicted octanol–water partition coefficient (Wildman–Crippen LogP) is 3.22. The lowest BCUT2D eigenvalue weighted by Crippen LogP contribution is -2.41. The number of hydrogen-bond donors (Lipinski definition) is 1. The zero-order chi connectivity index (χ0) is 26.5. The Hall–Kier alpha value is -3.76. The van der Waals surface area contributed by atoms with Gasteiger partial charge in [-0.3, -0.25) is 9.69 Å². The molecule has 0 saturated carbocycles. The number of benzene rings is 2. The average Bonchev–Trinajstić information content (AvgIpc) is 3.41. The van der Waals surface area contributed by atoms with Crippen LogP contribution in [0.1, 0.15) is 35.8 Å². The molecule has 1 aliphatic heterocycles. The summed E-state index contributed by atoms with van der Waals surface area (Å²) in [5, 5.41) is 13.4. The molecule has 1 atom stereocenters. The van der Waals surface area contributed by atoms with Gasteiger partial charge in [-0.15, -0.1) is 5.10 Å². The minimum absolute atomic E-state index is 0.178. The minimum atomic E-state index is -0.402. The second kappa shape index (κ2) is 11.7. The predicted molar refractivity (Wildman–Crippen MR) is 144 cm³/mol. The minimum Gasteiger partial charge on any atom is -0.493 e. The molecule has 4 aromatic rings. The topological polar surface area (TPSA) is 107 Å². The van der Waals surface area contributed by atoms with Gasteiger partial charge in [-0.1, -0.05) is 30.3 Å². The van der Waals surface area contributed by atoms with Crippen LogP contribution in [0.3, 0.4) is 0 Å². The van der Waals surface area contributed by atoms with Gasteiger partial charge in [0.2, 0.25) is 0 Å². The SMILES string of the molecule is COCCn1nnnc1[C@@H](c1cc2cc(OC)c(OC)cc2[nH]c1=O)N1CCC(Cc2ccccc2)CC1. The van der Waals surface area contributed by atoms with Crippen molar-refractivity contribution in [3.8, 4) is 11.5 Å². The van der Waals surface area contributed by atoms with Crippen LogP contribution in [0.25, 0.3) is 10.9 Å². The van der Waals surface area contributed by atoms with Crippen LogP contribution < -0.4 is 15.0 Å². The summed E-state index contributed by atoms with van der Waals surface area (Å²) >= 11 is 0. The van der Waals surface area contributed by atoms with E-state index in [1.165, 1.54) is 5.56 Å². The first kappa shape index (κ1) is 25.9. The third-order valence-corrected chi connectivity index (χ3v) is 7.36. The van der Waals surface area contributed by atoms with E-state index in [4.69, 9.17) is 14.2 Å². The number of H-pyrrole nitrogens is 1. The van der Waals surface area contributed by atoms with Crippen molar-refractivity contribution in [2.75, 3.05) is 41.0 Å². The molecule has 1 saturated heterocycles. The number of piperidine rings is 1. The highest BCUT2D eigenvalue weighted by atomic mass is 16.5. The van der Waals surface area contributed by atoms with Crippen LogP contribution in [-0.4, -0.2) is 71.1 Å². The molecule has 2 aromatic heterocycles. The lowest BCUT2D eigenvalue weighted by atomic mass is 9.89. The molecule has 0 amide bonds. The molecule has 3 heterocycles. The number of nitrogens with one attached hydrogen (secondary N) is 1. The fourth-order valence-electron chi connectivity index (χ4n) is 5.36. The summed E-state index contributed by atoms with van der Waals surface area (Å²) in [4.78, 5) is 18.9. The number of methoxy groups -OCH3 is 3. The van der Waals surface area contributed by atoms with Gasteiger partial charge in [0.15, 0.2) is 17.3 Å². The van der Waals surface area contributed by atoms with Crippen molar-refractivity contribution in [1.29, 1.82) is 0 Å². The van der Waals surface area contributed by atoms with E-state index in [2.05, 4.69) is 55.7 Å². The number of likely N-dealkylation sites (tertiary alicyclic amines) is 1. The number of rotatable bonds is 10. The molecule has 1 aliphatic rings. The number of nitrogens with zero attached hydrogens (tertiary/aromatic N) is 5. The van der Waals surface area contributed by atoms with E-state index < -0.39 is 6.04 Å². The highest BCUT2D eigenvalue weighted by Gasteiger charge is 2.33. The second-order valence-electron chi connectivity index (χ2n) is 9.67. The van der Waals surface area contributed by atoms with Crippen LogP contribution in [0, 0.1) is 5.92 Å². The molecular weight excluding hydrogens is 484 g/mol.